The Morgan fingerprint density at radius 3 is 2.76 bits per heavy atom. The SMILES string of the molecule is CO[C@@H]1[C@@H](O)C[C@H]2C(=O)c3c(ccc4c3CCC4=O)[C@@]12C. The van der Waals surface area contributed by atoms with Crippen molar-refractivity contribution in [3.8, 4) is 0 Å². The molecule has 1 fully saturated rings. The fraction of sp³-hybridized carbons (Fsp3) is 0.529. The van der Waals surface area contributed by atoms with Gasteiger partial charge < -0.3 is 9.84 Å². The van der Waals surface area contributed by atoms with Gasteiger partial charge in [-0.25, -0.2) is 0 Å². The number of ketones is 2. The Morgan fingerprint density at radius 1 is 1.29 bits per heavy atom. The van der Waals surface area contributed by atoms with Gasteiger partial charge >= 0.3 is 0 Å². The lowest BCUT2D eigenvalue weighted by Gasteiger charge is -2.32. The number of aliphatic hydroxyl groups excluding tert-OH is 1. The van der Waals surface area contributed by atoms with Crippen LogP contribution >= 0.6 is 0 Å². The monoisotopic (exact) mass is 286 g/mol. The molecule has 0 bridgehead atoms. The third kappa shape index (κ3) is 1.37. The molecule has 4 atom stereocenters. The average molecular weight is 286 g/mol. The van der Waals surface area contributed by atoms with Crippen LogP contribution in [0.5, 0.6) is 0 Å². The van der Waals surface area contributed by atoms with Crippen molar-refractivity contribution in [1.29, 1.82) is 0 Å². The van der Waals surface area contributed by atoms with E-state index in [1.807, 2.05) is 19.1 Å². The van der Waals surface area contributed by atoms with E-state index >= 15 is 0 Å². The van der Waals surface area contributed by atoms with Crippen molar-refractivity contribution in [2.24, 2.45) is 5.92 Å². The summed E-state index contributed by atoms with van der Waals surface area (Å²) < 4.78 is 5.52. The Balaban J connectivity index is 1.97. The zero-order chi connectivity index (χ0) is 14.9. The van der Waals surface area contributed by atoms with Crippen LogP contribution in [0, 0.1) is 5.92 Å². The normalized spacial score (nSPS) is 36.8. The summed E-state index contributed by atoms with van der Waals surface area (Å²) in [5.74, 6) is -0.0292. The molecule has 4 rings (SSSR count). The molecule has 3 aliphatic rings. The molecule has 1 aromatic rings. The molecule has 4 nitrogen and oxygen atoms in total. The maximum absolute atomic E-state index is 12.9. The molecular weight excluding hydrogens is 268 g/mol. The van der Waals surface area contributed by atoms with Crippen LogP contribution < -0.4 is 0 Å². The molecule has 110 valence electrons. The summed E-state index contributed by atoms with van der Waals surface area (Å²) >= 11 is 0. The van der Waals surface area contributed by atoms with Crippen molar-refractivity contribution in [1.82, 2.24) is 0 Å². The molecule has 0 radical (unpaired) electrons. The van der Waals surface area contributed by atoms with Crippen LogP contribution in [-0.2, 0) is 16.6 Å². The van der Waals surface area contributed by atoms with E-state index < -0.39 is 11.5 Å². The standard InChI is InChI=1S/C17H18O4/c1-17-10-5-3-8-9(4-6-12(8)18)14(10)15(20)11(17)7-13(19)16(17)21-2/h3,5,11,13,16,19H,4,6-7H2,1-2H3/t11-,13-,16+,17+/m0/s1. The molecular formula is C17H18O4. The molecule has 4 heteroatoms. The second kappa shape index (κ2) is 4.02. The van der Waals surface area contributed by atoms with Gasteiger partial charge in [-0.15, -0.1) is 0 Å². The summed E-state index contributed by atoms with van der Waals surface area (Å²) in [7, 11) is 1.58. The Morgan fingerprint density at radius 2 is 2.05 bits per heavy atom. The first-order valence-corrected chi connectivity index (χ1v) is 7.44. The molecule has 0 saturated heterocycles. The van der Waals surface area contributed by atoms with E-state index in [2.05, 4.69) is 0 Å². The lowest BCUT2D eigenvalue weighted by Crippen LogP contribution is -2.40. The zero-order valence-electron chi connectivity index (χ0n) is 12.2. The fourth-order valence-electron chi connectivity index (χ4n) is 4.78. The average Bonchev–Trinajstić information content (AvgIpc) is 3.02. The third-order valence-electron chi connectivity index (χ3n) is 5.75. The van der Waals surface area contributed by atoms with Gasteiger partial charge in [-0.1, -0.05) is 19.1 Å². The highest BCUT2D eigenvalue weighted by Gasteiger charge is 2.61. The van der Waals surface area contributed by atoms with E-state index in [9.17, 15) is 14.7 Å². The van der Waals surface area contributed by atoms with Crippen LogP contribution in [0.15, 0.2) is 12.1 Å². The van der Waals surface area contributed by atoms with Gasteiger partial charge in [0.05, 0.1) is 12.2 Å². The minimum absolute atomic E-state index is 0.0812. The van der Waals surface area contributed by atoms with Crippen molar-refractivity contribution in [2.45, 2.75) is 43.8 Å². The predicted octanol–water partition coefficient (Wildman–Crippen LogP) is 1.67. The van der Waals surface area contributed by atoms with Crippen LogP contribution in [0.4, 0.5) is 0 Å². The maximum atomic E-state index is 12.9. The number of hydrogen-bond acceptors (Lipinski definition) is 4. The number of aliphatic hydroxyl groups is 1. The number of methoxy groups -OCH3 is 1. The Labute approximate surface area is 123 Å². The minimum Gasteiger partial charge on any atom is -0.390 e. The van der Waals surface area contributed by atoms with Crippen molar-refractivity contribution in [2.75, 3.05) is 7.11 Å². The molecule has 0 unspecified atom stereocenters. The van der Waals surface area contributed by atoms with Crippen LogP contribution in [-0.4, -0.2) is 36.0 Å². The molecule has 1 aromatic carbocycles. The summed E-state index contributed by atoms with van der Waals surface area (Å²) in [6.07, 6.45) is 0.605. The Hall–Kier alpha value is -1.52. The van der Waals surface area contributed by atoms with Crippen LogP contribution in [0.2, 0.25) is 0 Å². The molecule has 0 aromatic heterocycles. The van der Waals surface area contributed by atoms with Gasteiger partial charge in [0.1, 0.15) is 0 Å². The number of benzene rings is 1. The second-order valence-corrected chi connectivity index (χ2v) is 6.60. The van der Waals surface area contributed by atoms with E-state index in [0.717, 1.165) is 16.7 Å². The highest BCUT2D eigenvalue weighted by molar-refractivity contribution is 6.10. The minimum atomic E-state index is -0.614. The van der Waals surface area contributed by atoms with E-state index in [1.54, 1.807) is 7.11 Å². The third-order valence-corrected chi connectivity index (χ3v) is 5.75. The Bertz CT molecular complexity index is 678. The largest absolute Gasteiger partial charge is 0.390 e. The molecule has 0 aliphatic heterocycles. The maximum Gasteiger partial charge on any atom is 0.167 e. The van der Waals surface area contributed by atoms with Gasteiger partial charge in [0, 0.05) is 36.0 Å². The number of ether oxygens (including phenoxy) is 1. The van der Waals surface area contributed by atoms with Crippen LogP contribution in [0.25, 0.3) is 0 Å². The van der Waals surface area contributed by atoms with Crippen molar-refractivity contribution < 1.29 is 19.4 Å². The molecule has 0 spiro atoms. The van der Waals surface area contributed by atoms with Gasteiger partial charge in [0.2, 0.25) is 0 Å². The van der Waals surface area contributed by atoms with Gasteiger partial charge in [0.15, 0.2) is 11.6 Å². The molecule has 3 aliphatic carbocycles. The number of rotatable bonds is 1. The van der Waals surface area contributed by atoms with E-state index in [1.165, 1.54) is 0 Å². The predicted molar refractivity (Wildman–Crippen MR) is 75.7 cm³/mol. The van der Waals surface area contributed by atoms with Gasteiger partial charge in [-0.2, -0.15) is 0 Å². The van der Waals surface area contributed by atoms with E-state index in [4.69, 9.17) is 4.74 Å². The first-order valence-electron chi connectivity index (χ1n) is 7.44. The summed E-state index contributed by atoms with van der Waals surface area (Å²) in [6.45, 7) is 2.01. The second-order valence-electron chi connectivity index (χ2n) is 6.60. The summed E-state index contributed by atoms with van der Waals surface area (Å²) in [6, 6.07) is 3.75. The molecule has 21 heavy (non-hydrogen) atoms. The highest BCUT2D eigenvalue weighted by atomic mass is 16.5. The van der Waals surface area contributed by atoms with E-state index in [0.29, 0.717) is 24.8 Å². The lowest BCUT2D eigenvalue weighted by molar-refractivity contribution is -0.0212. The number of hydrogen-bond donors (Lipinski definition) is 1. The number of carbonyl (C=O) groups excluding carboxylic acids is 2. The fourth-order valence-corrected chi connectivity index (χ4v) is 4.78. The topological polar surface area (TPSA) is 63.6 Å². The number of Topliss-reactive ketones (excluding diaryl/α,β-unsaturated/α-hetero) is 2. The summed E-state index contributed by atoms with van der Waals surface area (Å²) in [4.78, 5) is 24.8. The zero-order valence-corrected chi connectivity index (χ0v) is 12.2. The van der Waals surface area contributed by atoms with Crippen molar-refractivity contribution in [3.05, 3.63) is 34.4 Å². The van der Waals surface area contributed by atoms with Crippen molar-refractivity contribution >= 4 is 11.6 Å². The first kappa shape index (κ1) is 13.2. The molecule has 1 saturated carbocycles. The van der Waals surface area contributed by atoms with Gasteiger partial charge in [0.25, 0.3) is 0 Å². The summed E-state index contributed by atoms with van der Waals surface area (Å²) in [5, 5.41) is 10.2. The first-order chi connectivity index (χ1) is 10.00. The highest BCUT2D eigenvalue weighted by Crippen LogP contribution is 2.55. The summed E-state index contributed by atoms with van der Waals surface area (Å²) in [5.41, 5.74) is 2.83. The molecule has 1 N–H and O–H groups in total. The molecule has 0 amide bonds. The molecule has 0 heterocycles. The number of carbonyl (C=O) groups is 2. The van der Waals surface area contributed by atoms with Gasteiger partial charge in [-0.05, 0) is 24.0 Å². The van der Waals surface area contributed by atoms with Crippen LogP contribution in [0.3, 0.4) is 0 Å². The quantitative estimate of drug-likeness (QED) is 0.853. The Kier molecular flexibility index (Phi) is 2.52. The van der Waals surface area contributed by atoms with Crippen LogP contribution in [0.1, 0.15) is 51.6 Å². The van der Waals surface area contributed by atoms with E-state index in [-0.39, 0.29) is 23.6 Å². The van der Waals surface area contributed by atoms with Gasteiger partial charge in [-0.3, -0.25) is 9.59 Å². The van der Waals surface area contributed by atoms with Crippen molar-refractivity contribution in [3.63, 3.8) is 0 Å². The smallest absolute Gasteiger partial charge is 0.167 e. The number of fused-ring (bicyclic) bond motifs is 5. The lowest BCUT2D eigenvalue weighted by atomic mass is 9.76.